The van der Waals surface area contributed by atoms with Gasteiger partial charge in [0.05, 0.1) is 29.2 Å². The van der Waals surface area contributed by atoms with Crippen LogP contribution in [0.15, 0.2) is 36.7 Å². The van der Waals surface area contributed by atoms with Crippen LogP contribution in [0.2, 0.25) is 0 Å². The predicted octanol–water partition coefficient (Wildman–Crippen LogP) is 3.12. The Kier molecular flexibility index (Phi) is 3.03. The molecule has 2 heterocycles. The van der Waals surface area contributed by atoms with Crippen LogP contribution in [0.1, 0.15) is 23.7 Å². The number of hydrogen-bond acceptors (Lipinski definition) is 2. The van der Waals surface area contributed by atoms with E-state index >= 15 is 0 Å². The third kappa shape index (κ3) is 2.24. The number of para-hydroxylation sites is 2. The van der Waals surface area contributed by atoms with E-state index in [2.05, 4.69) is 20.7 Å². The average molecular weight is 275 g/mol. The van der Waals surface area contributed by atoms with Crippen LogP contribution in [0, 0.1) is 0 Å². The lowest BCUT2D eigenvalue weighted by atomic mass is 10.3. The van der Waals surface area contributed by atoms with Gasteiger partial charge in [0.2, 0.25) is 0 Å². The SMILES string of the molecule is CC(Cl)c1nc2ccccc2n1Cc1cnn(C)c1. The molecule has 0 saturated carbocycles. The second-order valence-corrected chi connectivity index (χ2v) is 5.34. The summed E-state index contributed by atoms with van der Waals surface area (Å²) in [6.07, 6.45) is 3.88. The summed E-state index contributed by atoms with van der Waals surface area (Å²) in [5.41, 5.74) is 3.23. The van der Waals surface area contributed by atoms with Crippen molar-refractivity contribution in [1.82, 2.24) is 19.3 Å². The zero-order valence-electron chi connectivity index (χ0n) is 10.9. The highest BCUT2D eigenvalue weighted by molar-refractivity contribution is 6.20. The van der Waals surface area contributed by atoms with E-state index in [1.807, 2.05) is 44.6 Å². The molecule has 0 spiro atoms. The Morgan fingerprint density at radius 2 is 2.11 bits per heavy atom. The van der Waals surface area contributed by atoms with Crippen molar-refractivity contribution < 1.29 is 0 Å². The van der Waals surface area contributed by atoms with Crippen molar-refractivity contribution in [3.05, 3.63) is 48.0 Å². The smallest absolute Gasteiger partial charge is 0.128 e. The van der Waals surface area contributed by atoms with E-state index in [-0.39, 0.29) is 5.38 Å². The summed E-state index contributed by atoms with van der Waals surface area (Å²) in [6.45, 7) is 2.68. The van der Waals surface area contributed by atoms with Gasteiger partial charge in [-0.1, -0.05) is 12.1 Å². The molecule has 0 fully saturated rings. The Balaban J connectivity index is 2.12. The first-order chi connectivity index (χ1) is 9.15. The molecule has 0 amide bonds. The molecule has 0 radical (unpaired) electrons. The monoisotopic (exact) mass is 274 g/mol. The Hall–Kier alpha value is -1.81. The summed E-state index contributed by atoms with van der Waals surface area (Å²) in [7, 11) is 1.92. The fourth-order valence-corrected chi connectivity index (χ4v) is 2.47. The van der Waals surface area contributed by atoms with Gasteiger partial charge < -0.3 is 4.57 Å². The first-order valence-electron chi connectivity index (χ1n) is 6.22. The molecule has 0 saturated heterocycles. The molecule has 3 rings (SSSR count). The van der Waals surface area contributed by atoms with Gasteiger partial charge in [0, 0.05) is 18.8 Å². The van der Waals surface area contributed by atoms with Crippen LogP contribution < -0.4 is 0 Å². The predicted molar refractivity (Wildman–Crippen MR) is 76.3 cm³/mol. The van der Waals surface area contributed by atoms with Gasteiger partial charge in [-0.05, 0) is 19.1 Å². The second-order valence-electron chi connectivity index (χ2n) is 4.68. The number of nitrogens with zero attached hydrogens (tertiary/aromatic N) is 4. The van der Waals surface area contributed by atoms with Crippen molar-refractivity contribution in [2.75, 3.05) is 0 Å². The largest absolute Gasteiger partial charge is 0.322 e. The average Bonchev–Trinajstić information content (AvgIpc) is 2.95. The normalized spacial score (nSPS) is 13.0. The summed E-state index contributed by atoms with van der Waals surface area (Å²) in [5.74, 6) is 0.895. The third-order valence-corrected chi connectivity index (χ3v) is 3.33. The van der Waals surface area contributed by atoms with Gasteiger partial charge in [0.25, 0.3) is 0 Å². The maximum Gasteiger partial charge on any atom is 0.128 e. The summed E-state index contributed by atoms with van der Waals surface area (Å²) >= 11 is 6.25. The number of halogens is 1. The lowest BCUT2D eigenvalue weighted by Crippen LogP contribution is -2.05. The van der Waals surface area contributed by atoms with Gasteiger partial charge in [0.1, 0.15) is 5.82 Å². The van der Waals surface area contributed by atoms with E-state index < -0.39 is 0 Å². The highest BCUT2D eigenvalue weighted by Gasteiger charge is 2.15. The number of rotatable bonds is 3. The highest BCUT2D eigenvalue weighted by atomic mass is 35.5. The number of aromatic nitrogens is 4. The van der Waals surface area contributed by atoms with E-state index in [9.17, 15) is 0 Å². The fourth-order valence-electron chi connectivity index (χ4n) is 2.30. The van der Waals surface area contributed by atoms with Gasteiger partial charge in [-0.3, -0.25) is 4.68 Å². The van der Waals surface area contributed by atoms with Crippen LogP contribution in [0.3, 0.4) is 0 Å². The van der Waals surface area contributed by atoms with Crippen molar-refractivity contribution in [2.24, 2.45) is 7.05 Å². The number of imidazole rings is 1. The van der Waals surface area contributed by atoms with Crippen molar-refractivity contribution in [3.63, 3.8) is 0 Å². The molecule has 0 aliphatic rings. The van der Waals surface area contributed by atoms with Crippen molar-refractivity contribution in [2.45, 2.75) is 18.8 Å². The van der Waals surface area contributed by atoms with Crippen molar-refractivity contribution in [3.8, 4) is 0 Å². The number of aryl methyl sites for hydroxylation is 1. The van der Waals surface area contributed by atoms with Crippen LogP contribution in [0.5, 0.6) is 0 Å². The van der Waals surface area contributed by atoms with E-state index in [1.54, 1.807) is 4.68 Å². The van der Waals surface area contributed by atoms with Gasteiger partial charge in [-0.15, -0.1) is 11.6 Å². The number of alkyl halides is 1. The molecule has 0 aliphatic carbocycles. The molecule has 0 bridgehead atoms. The van der Waals surface area contributed by atoms with Gasteiger partial charge in [-0.25, -0.2) is 4.98 Å². The van der Waals surface area contributed by atoms with E-state index in [1.165, 1.54) is 0 Å². The molecule has 2 aromatic heterocycles. The van der Waals surface area contributed by atoms with Crippen LogP contribution in [-0.4, -0.2) is 19.3 Å². The number of hydrogen-bond donors (Lipinski definition) is 0. The molecule has 1 unspecified atom stereocenters. The molecule has 98 valence electrons. The minimum atomic E-state index is -0.121. The van der Waals surface area contributed by atoms with Gasteiger partial charge in [-0.2, -0.15) is 5.10 Å². The zero-order chi connectivity index (χ0) is 13.4. The van der Waals surface area contributed by atoms with Crippen LogP contribution in [0.4, 0.5) is 0 Å². The topological polar surface area (TPSA) is 35.6 Å². The summed E-state index contributed by atoms with van der Waals surface area (Å²) in [4.78, 5) is 4.62. The highest BCUT2D eigenvalue weighted by Crippen LogP contribution is 2.25. The van der Waals surface area contributed by atoms with E-state index in [4.69, 9.17) is 11.6 Å². The number of benzene rings is 1. The minimum Gasteiger partial charge on any atom is -0.322 e. The van der Waals surface area contributed by atoms with E-state index in [0.29, 0.717) is 0 Å². The lowest BCUT2D eigenvalue weighted by Gasteiger charge is -2.09. The second kappa shape index (κ2) is 4.70. The molecule has 19 heavy (non-hydrogen) atoms. The maximum absolute atomic E-state index is 6.25. The zero-order valence-corrected chi connectivity index (χ0v) is 11.7. The molecule has 0 aliphatic heterocycles. The van der Waals surface area contributed by atoms with E-state index in [0.717, 1.165) is 29.0 Å². The summed E-state index contributed by atoms with van der Waals surface area (Å²) in [6, 6.07) is 8.10. The minimum absolute atomic E-state index is 0.121. The summed E-state index contributed by atoms with van der Waals surface area (Å²) in [5, 5.41) is 4.08. The quantitative estimate of drug-likeness (QED) is 0.688. The van der Waals surface area contributed by atoms with Crippen LogP contribution in [0.25, 0.3) is 11.0 Å². The third-order valence-electron chi connectivity index (χ3n) is 3.14. The fraction of sp³-hybridized carbons (Fsp3) is 0.286. The van der Waals surface area contributed by atoms with Crippen LogP contribution >= 0.6 is 11.6 Å². The molecule has 0 N–H and O–H groups in total. The van der Waals surface area contributed by atoms with Gasteiger partial charge >= 0.3 is 0 Å². The molecular weight excluding hydrogens is 260 g/mol. The Labute approximate surface area is 116 Å². The maximum atomic E-state index is 6.25. The Morgan fingerprint density at radius 3 is 2.79 bits per heavy atom. The molecule has 1 atom stereocenters. The lowest BCUT2D eigenvalue weighted by molar-refractivity contribution is 0.738. The molecule has 4 nitrogen and oxygen atoms in total. The molecule has 1 aromatic carbocycles. The van der Waals surface area contributed by atoms with Crippen molar-refractivity contribution in [1.29, 1.82) is 0 Å². The first kappa shape index (κ1) is 12.2. The Bertz CT molecular complexity index is 711. The van der Waals surface area contributed by atoms with Crippen molar-refractivity contribution >= 4 is 22.6 Å². The molecular formula is C14H15ClN4. The molecule has 3 aromatic rings. The molecule has 5 heteroatoms. The van der Waals surface area contributed by atoms with Crippen LogP contribution in [-0.2, 0) is 13.6 Å². The Morgan fingerprint density at radius 1 is 1.32 bits per heavy atom. The number of fused-ring (bicyclic) bond motifs is 1. The first-order valence-corrected chi connectivity index (χ1v) is 6.65. The summed E-state index contributed by atoms with van der Waals surface area (Å²) < 4.78 is 3.96. The standard InChI is InChI=1S/C14H15ClN4/c1-10(15)14-17-12-5-3-4-6-13(12)19(14)9-11-7-16-18(2)8-11/h3-8,10H,9H2,1-2H3. The van der Waals surface area contributed by atoms with Gasteiger partial charge in [0.15, 0.2) is 0 Å².